The molecule has 10 aromatic rings. The van der Waals surface area contributed by atoms with Crippen LogP contribution in [0.15, 0.2) is 133 Å². The van der Waals surface area contributed by atoms with Crippen LogP contribution in [0, 0.1) is 0 Å². The van der Waals surface area contributed by atoms with E-state index >= 15 is 0 Å². The van der Waals surface area contributed by atoms with Crippen LogP contribution >= 0.6 is 0 Å². The van der Waals surface area contributed by atoms with E-state index in [1.165, 1.54) is 98.6 Å². The lowest BCUT2D eigenvalue weighted by Gasteiger charge is -2.23. The van der Waals surface area contributed by atoms with Crippen LogP contribution in [0.4, 0.5) is 0 Å². The van der Waals surface area contributed by atoms with Gasteiger partial charge in [0.1, 0.15) is 0 Å². The van der Waals surface area contributed by atoms with Gasteiger partial charge in [-0.2, -0.15) is 0 Å². The summed E-state index contributed by atoms with van der Waals surface area (Å²) in [6.45, 7) is 4.77. The summed E-state index contributed by atoms with van der Waals surface area (Å²) in [7, 11) is 0. The van der Waals surface area contributed by atoms with Crippen LogP contribution in [-0.4, -0.2) is 8.97 Å². The molecule has 7 aromatic carbocycles. The minimum Gasteiger partial charge on any atom is -0.308 e. The van der Waals surface area contributed by atoms with Crippen molar-refractivity contribution in [2.75, 3.05) is 0 Å². The van der Waals surface area contributed by atoms with Gasteiger partial charge in [-0.05, 0) is 57.8 Å². The molecule has 210 valence electrons. The maximum atomic E-state index is 2.60. The molecule has 0 saturated carbocycles. The van der Waals surface area contributed by atoms with Gasteiger partial charge in [0.2, 0.25) is 0 Å². The Labute approximate surface area is 259 Å². The highest BCUT2D eigenvalue weighted by Crippen LogP contribution is 2.54. The van der Waals surface area contributed by atoms with Crippen LogP contribution in [0.25, 0.3) is 87.5 Å². The molecule has 0 amide bonds. The van der Waals surface area contributed by atoms with Crippen molar-refractivity contribution in [3.63, 3.8) is 0 Å². The van der Waals surface area contributed by atoms with E-state index in [1.807, 2.05) is 0 Å². The zero-order valence-corrected chi connectivity index (χ0v) is 25.1. The van der Waals surface area contributed by atoms with Gasteiger partial charge in [0, 0.05) is 43.3 Å². The second-order valence-corrected chi connectivity index (χ2v) is 13.3. The minimum absolute atomic E-state index is 0.0985. The Kier molecular flexibility index (Phi) is 4.19. The first-order chi connectivity index (χ1) is 22.1. The number of rotatable bonds is 1. The molecule has 1 aliphatic rings. The smallest absolute Gasteiger partial charge is 0.0641 e. The number of para-hydroxylation sites is 2. The highest BCUT2D eigenvalue weighted by molar-refractivity contribution is 6.33. The summed E-state index contributed by atoms with van der Waals surface area (Å²) in [5.74, 6) is 0. The zero-order chi connectivity index (χ0) is 29.6. The van der Waals surface area contributed by atoms with Crippen molar-refractivity contribution in [1.29, 1.82) is 0 Å². The second-order valence-electron chi connectivity index (χ2n) is 13.3. The molecule has 0 bridgehead atoms. The third-order valence-electron chi connectivity index (χ3n) is 10.8. The molecular weight excluding hydrogens is 544 g/mol. The molecule has 3 aromatic heterocycles. The fourth-order valence-electron chi connectivity index (χ4n) is 8.93. The number of hydrogen-bond donors (Lipinski definition) is 0. The maximum absolute atomic E-state index is 2.60. The quantitative estimate of drug-likeness (QED) is 0.185. The molecule has 0 radical (unpaired) electrons. The van der Waals surface area contributed by atoms with Gasteiger partial charge in [0.15, 0.2) is 0 Å². The van der Waals surface area contributed by atoms with Crippen molar-refractivity contribution < 1.29 is 0 Å². The molecule has 0 saturated heterocycles. The van der Waals surface area contributed by atoms with E-state index in [0.717, 1.165) is 0 Å². The third-order valence-corrected chi connectivity index (χ3v) is 10.8. The first kappa shape index (κ1) is 23.8. The molecule has 0 aliphatic heterocycles. The first-order valence-corrected chi connectivity index (χ1v) is 15.9. The highest BCUT2D eigenvalue weighted by Gasteiger charge is 2.38. The minimum atomic E-state index is -0.0985. The third kappa shape index (κ3) is 2.70. The predicted octanol–water partition coefficient (Wildman–Crippen LogP) is 11.4. The summed E-state index contributed by atoms with van der Waals surface area (Å²) < 4.78 is 5.13. The molecule has 1 aliphatic carbocycles. The maximum Gasteiger partial charge on any atom is 0.0641 e. The molecule has 0 N–H and O–H groups in total. The van der Waals surface area contributed by atoms with Gasteiger partial charge in [0.05, 0.1) is 33.3 Å². The Morgan fingerprint density at radius 2 is 1.09 bits per heavy atom. The molecule has 3 heterocycles. The Morgan fingerprint density at radius 1 is 0.467 bits per heavy atom. The summed E-state index contributed by atoms with van der Waals surface area (Å²) in [4.78, 5) is 0. The van der Waals surface area contributed by atoms with Crippen LogP contribution < -0.4 is 0 Å². The highest BCUT2D eigenvalue weighted by atomic mass is 15.0. The molecule has 0 unspecified atom stereocenters. The summed E-state index contributed by atoms with van der Waals surface area (Å²) in [6, 6.07) is 50.0. The Morgan fingerprint density at radius 3 is 1.91 bits per heavy atom. The molecule has 2 heteroatoms. The van der Waals surface area contributed by atoms with Gasteiger partial charge in [0.25, 0.3) is 0 Å². The number of benzene rings is 7. The summed E-state index contributed by atoms with van der Waals surface area (Å²) >= 11 is 0. The van der Waals surface area contributed by atoms with Gasteiger partial charge in [-0.25, -0.2) is 0 Å². The summed E-state index contributed by atoms with van der Waals surface area (Å²) in [6.07, 6.45) is 0. The second kappa shape index (κ2) is 7.91. The van der Waals surface area contributed by atoms with E-state index in [0.29, 0.717) is 0 Å². The van der Waals surface area contributed by atoms with Gasteiger partial charge < -0.3 is 8.97 Å². The SMILES string of the molecule is CC1(C)c2ccccc2-c2c1cc1ccccc1c2-n1c2cccc3c4ccccc4n4c5ccccc5c5ccc1c(c32)c54. The lowest BCUT2D eigenvalue weighted by Crippen LogP contribution is -2.15. The molecule has 0 spiro atoms. The topological polar surface area (TPSA) is 9.34 Å². The van der Waals surface area contributed by atoms with Gasteiger partial charge in [-0.1, -0.05) is 117 Å². The molecule has 0 fully saturated rings. The monoisotopic (exact) mass is 572 g/mol. The van der Waals surface area contributed by atoms with E-state index in [-0.39, 0.29) is 5.41 Å². The molecule has 2 nitrogen and oxygen atoms in total. The van der Waals surface area contributed by atoms with E-state index in [4.69, 9.17) is 0 Å². The van der Waals surface area contributed by atoms with Crippen molar-refractivity contribution >= 4 is 70.7 Å². The van der Waals surface area contributed by atoms with Crippen molar-refractivity contribution in [3.05, 3.63) is 145 Å². The van der Waals surface area contributed by atoms with Gasteiger partial charge in [-0.15, -0.1) is 0 Å². The van der Waals surface area contributed by atoms with Crippen LogP contribution in [-0.2, 0) is 5.41 Å². The number of hydrogen-bond acceptors (Lipinski definition) is 0. The average Bonchev–Trinajstić information content (AvgIpc) is 3.64. The normalized spacial score (nSPS) is 14.2. The number of aromatic nitrogens is 2. The predicted molar refractivity (Wildman–Crippen MR) is 191 cm³/mol. The molecule has 11 rings (SSSR count). The summed E-state index contributed by atoms with van der Waals surface area (Å²) in [5.41, 5.74) is 13.0. The van der Waals surface area contributed by atoms with E-state index in [9.17, 15) is 0 Å². The van der Waals surface area contributed by atoms with Crippen LogP contribution in [0.1, 0.15) is 25.0 Å². The van der Waals surface area contributed by atoms with E-state index < -0.39 is 0 Å². The largest absolute Gasteiger partial charge is 0.308 e. The Bertz CT molecular complexity index is 2890. The van der Waals surface area contributed by atoms with Crippen molar-refractivity contribution in [1.82, 2.24) is 8.97 Å². The Hall–Kier alpha value is -5.60. The molecule has 0 atom stereocenters. The van der Waals surface area contributed by atoms with E-state index in [2.05, 4.69) is 156 Å². The van der Waals surface area contributed by atoms with Crippen molar-refractivity contribution in [2.24, 2.45) is 0 Å². The fraction of sp³-hybridized carbons (Fsp3) is 0.0698. The molecular formula is C43H28N2. The number of fused-ring (bicyclic) bond motifs is 10. The number of nitrogens with zero attached hydrogens (tertiary/aromatic N) is 2. The fourth-order valence-corrected chi connectivity index (χ4v) is 8.93. The standard InChI is InChI=1S/C43H28N2/c1-43(2)32-18-8-5-16-31(32)38-33(43)24-25-12-3-4-13-26(25)41(38)45-36-21-11-17-29-27-14-6-9-19-34(27)44-35-20-10-7-15-28(35)30-22-23-37(45)40(39(29)36)42(30)44/h3-24H,1-2H3. The van der Waals surface area contributed by atoms with Crippen molar-refractivity contribution in [3.8, 4) is 16.8 Å². The van der Waals surface area contributed by atoms with Gasteiger partial charge in [-0.3, -0.25) is 0 Å². The van der Waals surface area contributed by atoms with Crippen LogP contribution in [0.3, 0.4) is 0 Å². The van der Waals surface area contributed by atoms with Gasteiger partial charge >= 0.3 is 0 Å². The average molecular weight is 573 g/mol. The van der Waals surface area contributed by atoms with E-state index in [1.54, 1.807) is 0 Å². The first-order valence-electron chi connectivity index (χ1n) is 15.9. The molecule has 45 heavy (non-hydrogen) atoms. The van der Waals surface area contributed by atoms with Crippen LogP contribution in [0.2, 0.25) is 0 Å². The zero-order valence-electron chi connectivity index (χ0n) is 25.1. The summed E-state index contributed by atoms with van der Waals surface area (Å²) in [5, 5.41) is 10.4. The van der Waals surface area contributed by atoms with Crippen LogP contribution in [0.5, 0.6) is 0 Å². The Balaban J connectivity index is 1.47. The lowest BCUT2D eigenvalue weighted by molar-refractivity contribution is 0.661. The van der Waals surface area contributed by atoms with Crippen molar-refractivity contribution in [2.45, 2.75) is 19.3 Å². The lowest BCUT2D eigenvalue weighted by atomic mass is 9.81.